The number of carboxylic acids is 1. The Kier molecular flexibility index (Phi) is 5.64. The zero-order valence-corrected chi connectivity index (χ0v) is 13.7. The highest BCUT2D eigenvalue weighted by Crippen LogP contribution is 2.14. The lowest BCUT2D eigenvalue weighted by Gasteiger charge is -2.14. The molecule has 1 amide bonds. The number of carbonyl (C=O) groups is 2. The molecule has 0 saturated heterocycles. The standard InChI is InChI=1S/C16H19N3O5/c1-4-23-10(2)14-17-13(24-18-14)9-19(3)15(20)11-5-7-12(8-6-11)16(21)22/h5-8,10H,4,9H2,1-3H3,(H,21,22). The molecule has 0 radical (unpaired) electrons. The van der Waals surface area contributed by atoms with Crippen LogP contribution in [0.25, 0.3) is 0 Å². The Balaban J connectivity index is 2.02. The lowest BCUT2D eigenvalue weighted by atomic mass is 10.1. The van der Waals surface area contributed by atoms with Gasteiger partial charge >= 0.3 is 5.97 Å². The van der Waals surface area contributed by atoms with Crippen LogP contribution in [-0.4, -0.2) is 45.7 Å². The van der Waals surface area contributed by atoms with E-state index in [9.17, 15) is 9.59 Å². The van der Waals surface area contributed by atoms with Crippen LogP contribution in [0.3, 0.4) is 0 Å². The van der Waals surface area contributed by atoms with Gasteiger partial charge in [-0.25, -0.2) is 4.79 Å². The first-order chi connectivity index (χ1) is 11.4. The molecule has 1 aromatic heterocycles. The molecule has 0 bridgehead atoms. The molecule has 1 heterocycles. The number of carboxylic acid groups (broad SMARTS) is 1. The molecule has 0 aliphatic heterocycles. The van der Waals surface area contributed by atoms with Crippen molar-refractivity contribution < 1.29 is 24.0 Å². The van der Waals surface area contributed by atoms with Crippen molar-refractivity contribution in [3.63, 3.8) is 0 Å². The van der Waals surface area contributed by atoms with Crippen LogP contribution >= 0.6 is 0 Å². The molecular weight excluding hydrogens is 314 g/mol. The van der Waals surface area contributed by atoms with E-state index in [-0.39, 0.29) is 24.1 Å². The summed E-state index contributed by atoms with van der Waals surface area (Å²) in [5.74, 6) is -0.582. The summed E-state index contributed by atoms with van der Waals surface area (Å²) >= 11 is 0. The van der Waals surface area contributed by atoms with E-state index in [2.05, 4.69) is 10.1 Å². The topological polar surface area (TPSA) is 106 Å². The zero-order valence-electron chi connectivity index (χ0n) is 13.7. The Bertz CT molecular complexity index is 711. The van der Waals surface area contributed by atoms with E-state index in [0.717, 1.165) is 0 Å². The Morgan fingerprint density at radius 3 is 2.50 bits per heavy atom. The molecule has 8 heteroatoms. The van der Waals surface area contributed by atoms with Crippen molar-refractivity contribution in [2.75, 3.05) is 13.7 Å². The van der Waals surface area contributed by atoms with Crippen molar-refractivity contribution in [1.82, 2.24) is 15.0 Å². The van der Waals surface area contributed by atoms with Crippen molar-refractivity contribution in [2.24, 2.45) is 0 Å². The third-order valence-electron chi connectivity index (χ3n) is 3.36. The van der Waals surface area contributed by atoms with Crippen LogP contribution < -0.4 is 0 Å². The first-order valence-electron chi connectivity index (χ1n) is 7.45. The summed E-state index contributed by atoms with van der Waals surface area (Å²) in [7, 11) is 1.60. The summed E-state index contributed by atoms with van der Waals surface area (Å²) in [6, 6.07) is 5.72. The first-order valence-corrected chi connectivity index (χ1v) is 7.45. The van der Waals surface area contributed by atoms with Gasteiger partial charge in [-0.05, 0) is 38.1 Å². The van der Waals surface area contributed by atoms with Crippen molar-refractivity contribution in [3.8, 4) is 0 Å². The Labute approximate surface area is 139 Å². The molecule has 0 spiro atoms. The Hall–Kier alpha value is -2.74. The number of carbonyl (C=O) groups excluding carboxylic acids is 1. The predicted octanol–water partition coefficient (Wildman–Crippen LogP) is 2.14. The average Bonchev–Trinajstić information content (AvgIpc) is 3.03. The summed E-state index contributed by atoms with van der Waals surface area (Å²) in [5, 5.41) is 12.7. The molecule has 0 fully saturated rings. The van der Waals surface area contributed by atoms with Crippen LogP contribution in [-0.2, 0) is 11.3 Å². The second kappa shape index (κ2) is 7.69. The highest BCUT2D eigenvalue weighted by atomic mass is 16.5. The van der Waals surface area contributed by atoms with Crippen molar-refractivity contribution in [2.45, 2.75) is 26.5 Å². The van der Waals surface area contributed by atoms with Gasteiger partial charge in [0.25, 0.3) is 5.91 Å². The summed E-state index contributed by atoms with van der Waals surface area (Å²) in [6.07, 6.45) is -0.280. The van der Waals surface area contributed by atoms with Gasteiger partial charge in [-0.15, -0.1) is 0 Å². The van der Waals surface area contributed by atoms with Gasteiger partial charge in [-0.2, -0.15) is 4.98 Å². The molecule has 0 saturated carbocycles. The van der Waals surface area contributed by atoms with Gasteiger partial charge in [0, 0.05) is 19.2 Å². The van der Waals surface area contributed by atoms with Gasteiger partial charge in [-0.3, -0.25) is 4.79 Å². The van der Waals surface area contributed by atoms with E-state index >= 15 is 0 Å². The van der Waals surface area contributed by atoms with Gasteiger partial charge in [-0.1, -0.05) is 5.16 Å². The van der Waals surface area contributed by atoms with E-state index in [1.807, 2.05) is 13.8 Å². The van der Waals surface area contributed by atoms with Gasteiger partial charge in [0.2, 0.25) is 5.89 Å². The molecule has 24 heavy (non-hydrogen) atoms. The third-order valence-corrected chi connectivity index (χ3v) is 3.36. The summed E-state index contributed by atoms with van der Waals surface area (Å²) < 4.78 is 10.5. The van der Waals surface area contributed by atoms with E-state index in [1.54, 1.807) is 7.05 Å². The van der Waals surface area contributed by atoms with Crippen LogP contribution in [0, 0.1) is 0 Å². The van der Waals surface area contributed by atoms with Crippen LogP contribution in [0.1, 0.15) is 52.4 Å². The normalized spacial score (nSPS) is 12.0. The van der Waals surface area contributed by atoms with E-state index < -0.39 is 5.97 Å². The highest BCUT2D eigenvalue weighted by molar-refractivity contribution is 5.95. The summed E-state index contributed by atoms with van der Waals surface area (Å²) in [5.41, 5.74) is 0.505. The minimum atomic E-state index is -1.04. The van der Waals surface area contributed by atoms with Crippen molar-refractivity contribution in [1.29, 1.82) is 0 Å². The highest BCUT2D eigenvalue weighted by Gasteiger charge is 2.18. The lowest BCUT2D eigenvalue weighted by Crippen LogP contribution is -2.26. The van der Waals surface area contributed by atoms with E-state index in [0.29, 0.717) is 23.9 Å². The van der Waals surface area contributed by atoms with Crippen LogP contribution in [0.4, 0.5) is 0 Å². The maximum atomic E-state index is 12.3. The zero-order chi connectivity index (χ0) is 17.7. The lowest BCUT2D eigenvalue weighted by molar-refractivity contribution is 0.0682. The molecule has 0 aliphatic carbocycles. The van der Waals surface area contributed by atoms with Crippen molar-refractivity contribution >= 4 is 11.9 Å². The molecule has 128 valence electrons. The van der Waals surface area contributed by atoms with Crippen LogP contribution in [0.15, 0.2) is 28.8 Å². The fraction of sp³-hybridized carbons (Fsp3) is 0.375. The number of aromatic nitrogens is 2. The number of rotatable bonds is 7. The fourth-order valence-electron chi connectivity index (χ4n) is 2.07. The minimum Gasteiger partial charge on any atom is -0.478 e. The molecular formula is C16H19N3O5. The monoisotopic (exact) mass is 333 g/mol. The van der Waals surface area contributed by atoms with Crippen molar-refractivity contribution in [3.05, 3.63) is 47.1 Å². The Morgan fingerprint density at radius 2 is 1.92 bits per heavy atom. The maximum absolute atomic E-state index is 12.3. The van der Waals surface area contributed by atoms with Gasteiger partial charge < -0.3 is 19.3 Å². The minimum absolute atomic E-state index is 0.126. The van der Waals surface area contributed by atoms with Crippen LogP contribution in [0.5, 0.6) is 0 Å². The van der Waals surface area contributed by atoms with E-state index in [4.69, 9.17) is 14.4 Å². The molecule has 1 N–H and O–H groups in total. The third kappa shape index (κ3) is 4.17. The smallest absolute Gasteiger partial charge is 0.335 e. The molecule has 0 aliphatic rings. The second-order valence-corrected chi connectivity index (χ2v) is 5.19. The number of aromatic carboxylic acids is 1. The molecule has 2 rings (SSSR count). The first kappa shape index (κ1) is 17.6. The second-order valence-electron chi connectivity index (χ2n) is 5.19. The predicted molar refractivity (Wildman–Crippen MR) is 83.5 cm³/mol. The quantitative estimate of drug-likeness (QED) is 0.827. The number of ether oxygens (including phenoxy) is 1. The number of nitrogens with zero attached hydrogens (tertiary/aromatic N) is 3. The van der Waals surface area contributed by atoms with Gasteiger partial charge in [0.1, 0.15) is 6.10 Å². The molecule has 1 atom stereocenters. The summed E-state index contributed by atoms with van der Waals surface area (Å²) in [4.78, 5) is 28.8. The van der Waals surface area contributed by atoms with Gasteiger partial charge in [0.05, 0.1) is 12.1 Å². The fourth-order valence-corrected chi connectivity index (χ4v) is 2.07. The molecule has 1 unspecified atom stereocenters. The average molecular weight is 333 g/mol. The van der Waals surface area contributed by atoms with E-state index in [1.165, 1.54) is 29.2 Å². The number of hydrogen-bond acceptors (Lipinski definition) is 6. The number of amides is 1. The van der Waals surface area contributed by atoms with Gasteiger partial charge in [0.15, 0.2) is 5.82 Å². The summed E-state index contributed by atoms with van der Waals surface area (Å²) in [6.45, 7) is 4.37. The largest absolute Gasteiger partial charge is 0.478 e. The molecule has 8 nitrogen and oxygen atoms in total. The molecule has 1 aromatic carbocycles. The van der Waals surface area contributed by atoms with Crippen LogP contribution in [0.2, 0.25) is 0 Å². The number of hydrogen-bond donors (Lipinski definition) is 1. The Morgan fingerprint density at radius 1 is 1.29 bits per heavy atom. The number of benzene rings is 1. The SMILES string of the molecule is CCOC(C)c1noc(CN(C)C(=O)c2ccc(C(=O)O)cc2)n1. The maximum Gasteiger partial charge on any atom is 0.335 e. The molecule has 2 aromatic rings.